The molecule has 9 nitrogen and oxygen atoms in total. The maximum atomic E-state index is 10.7. The van der Waals surface area contributed by atoms with Crippen LogP contribution in [0.3, 0.4) is 0 Å². The molecule has 0 aliphatic carbocycles. The summed E-state index contributed by atoms with van der Waals surface area (Å²) in [6.45, 7) is 6.55. The SMILES string of the molecule is CCCCCOc1cc(C)ccc1CNC(=NC)NCCn1cc([N+](=O)[O-])cn1.I. The number of rotatable bonds is 11. The van der Waals surface area contributed by atoms with Crippen LogP contribution in [-0.4, -0.2) is 40.9 Å². The highest BCUT2D eigenvalue weighted by Gasteiger charge is 2.09. The van der Waals surface area contributed by atoms with Crippen LogP contribution >= 0.6 is 24.0 Å². The van der Waals surface area contributed by atoms with Gasteiger partial charge in [0.15, 0.2) is 5.96 Å². The fourth-order valence-corrected chi connectivity index (χ4v) is 2.73. The summed E-state index contributed by atoms with van der Waals surface area (Å²) >= 11 is 0. The molecule has 0 bridgehead atoms. The highest BCUT2D eigenvalue weighted by molar-refractivity contribution is 14.0. The van der Waals surface area contributed by atoms with Crippen molar-refractivity contribution in [3.63, 3.8) is 0 Å². The van der Waals surface area contributed by atoms with Crippen molar-refractivity contribution >= 4 is 35.6 Å². The maximum Gasteiger partial charge on any atom is 0.306 e. The molecule has 0 saturated carbocycles. The Balaban J connectivity index is 0.00000450. The maximum absolute atomic E-state index is 10.7. The van der Waals surface area contributed by atoms with Gasteiger partial charge in [-0.3, -0.25) is 19.8 Å². The molecule has 1 heterocycles. The zero-order chi connectivity index (χ0) is 21.1. The fraction of sp³-hybridized carbons (Fsp3) is 0.500. The zero-order valence-corrected chi connectivity index (χ0v) is 20.1. The minimum atomic E-state index is -0.457. The predicted octanol–water partition coefficient (Wildman–Crippen LogP) is 3.65. The lowest BCUT2D eigenvalue weighted by atomic mass is 10.1. The van der Waals surface area contributed by atoms with Gasteiger partial charge in [0.25, 0.3) is 0 Å². The highest BCUT2D eigenvalue weighted by atomic mass is 127. The van der Waals surface area contributed by atoms with Gasteiger partial charge in [-0.1, -0.05) is 31.9 Å². The van der Waals surface area contributed by atoms with Gasteiger partial charge in [-0.2, -0.15) is 5.10 Å². The first kappa shape index (κ1) is 25.7. The average molecular weight is 530 g/mol. The van der Waals surface area contributed by atoms with E-state index in [1.165, 1.54) is 23.5 Å². The molecule has 0 unspecified atom stereocenters. The number of ether oxygens (including phenoxy) is 1. The van der Waals surface area contributed by atoms with Gasteiger partial charge in [0.05, 0.1) is 18.1 Å². The van der Waals surface area contributed by atoms with Crippen molar-refractivity contribution in [3.05, 3.63) is 51.8 Å². The Hall–Kier alpha value is -2.37. The van der Waals surface area contributed by atoms with Crippen molar-refractivity contribution in [1.29, 1.82) is 0 Å². The van der Waals surface area contributed by atoms with Gasteiger partial charge < -0.3 is 15.4 Å². The molecule has 10 heteroatoms. The molecule has 166 valence electrons. The molecule has 1 aromatic heterocycles. The van der Waals surface area contributed by atoms with Gasteiger partial charge >= 0.3 is 5.69 Å². The molecule has 2 N–H and O–H groups in total. The summed E-state index contributed by atoms with van der Waals surface area (Å²) in [6, 6.07) is 6.19. The van der Waals surface area contributed by atoms with E-state index in [4.69, 9.17) is 4.74 Å². The predicted molar refractivity (Wildman–Crippen MR) is 129 cm³/mol. The first-order valence-corrected chi connectivity index (χ1v) is 9.87. The number of nitrogens with one attached hydrogen (secondary N) is 2. The summed E-state index contributed by atoms with van der Waals surface area (Å²) in [7, 11) is 1.70. The first-order valence-electron chi connectivity index (χ1n) is 9.87. The molecular weight excluding hydrogens is 499 g/mol. The lowest BCUT2D eigenvalue weighted by molar-refractivity contribution is -0.385. The third-order valence-electron chi connectivity index (χ3n) is 4.36. The molecule has 0 fully saturated rings. The summed E-state index contributed by atoms with van der Waals surface area (Å²) in [5.41, 5.74) is 2.21. The van der Waals surface area contributed by atoms with E-state index in [-0.39, 0.29) is 29.7 Å². The van der Waals surface area contributed by atoms with Gasteiger partial charge in [0, 0.05) is 25.7 Å². The zero-order valence-electron chi connectivity index (χ0n) is 17.8. The molecular formula is C20H31IN6O3. The smallest absolute Gasteiger partial charge is 0.306 e. The third-order valence-corrected chi connectivity index (χ3v) is 4.36. The first-order chi connectivity index (χ1) is 14.0. The Kier molecular flexibility index (Phi) is 11.8. The number of halogens is 1. The van der Waals surface area contributed by atoms with E-state index in [1.807, 2.05) is 0 Å². The summed E-state index contributed by atoms with van der Waals surface area (Å²) < 4.78 is 7.51. The van der Waals surface area contributed by atoms with E-state index in [9.17, 15) is 10.1 Å². The fourth-order valence-electron chi connectivity index (χ4n) is 2.73. The van der Waals surface area contributed by atoms with Crippen LogP contribution in [0.1, 0.15) is 37.3 Å². The quantitative estimate of drug-likeness (QED) is 0.115. The highest BCUT2D eigenvalue weighted by Crippen LogP contribution is 2.20. The van der Waals surface area contributed by atoms with Gasteiger partial charge in [-0.15, -0.1) is 24.0 Å². The van der Waals surface area contributed by atoms with Crippen molar-refractivity contribution in [1.82, 2.24) is 20.4 Å². The monoisotopic (exact) mass is 530 g/mol. The van der Waals surface area contributed by atoms with E-state index in [1.54, 1.807) is 7.05 Å². The Morgan fingerprint density at radius 2 is 2.13 bits per heavy atom. The van der Waals surface area contributed by atoms with Crippen molar-refractivity contribution in [3.8, 4) is 5.75 Å². The number of nitro groups is 1. The van der Waals surface area contributed by atoms with E-state index < -0.39 is 4.92 Å². The van der Waals surface area contributed by atoms with E-state index in [2.05, 4.69) is 52.8 Å². The lowest BCUT2D eigenvalue weighted by Crippen LogP contribution is -2.38. The molecule has 1 aromatic carbocycles. The number of aryl methyl sites for hydroxylation is 1. The van der Waals surface area contributed by atoms with Crippen molar-refractivity contribution < 1.29 is 9.66 Å². The second-order valence-corrected chi connectivity index (χ2v) is 6.74. The van der Waals surface area contributed by atoms with Gasteiger partial charge in [-0.25, -0.2) is 0 Å². The molecule has 0 spiro atoms. The average Bonchev–Trinajstić information content (AvgIpc) is 3.18. The Labute approximate surface area is 194 Å². The second-order valence-electron chi connectivity index (χ2n) is 6.74. The summed E-state index contributed by atoms with van der Waals surface area (Å²) in [6.07, 6.45) is 6.03. The number of benzene rings is 1. The van der Waals surface area contributed by atoms with E-state index in [0.29, 0.717) is 32.2 Å². The lowest BCUT2D eigenvalue weighted by Gasteiger charge is -2.15. The minimum absolute atomic E-state index is 0. The summed E-state index contributed by atoms with van der Waals surface area (Å²) in [4.78, 5) is 14.5. The summed E-state index contributed by atoms with van der Waals surface area (Å²) in [5.74, 6) is 1.54. The van der Waals surface area contributed by atoms with Gasteiger partial charge in [-0.05, 0) is 25.0 Å². The number of unbranched alkanes of at least 4 members (excludes halogenated alkanes) is 2. The Morgan fingerprint density at radius 1 is 1.33 bits per heavy atom. The number of guanidine groups is 1. The van der Waals surface area contributed by atoms with Crippen molar-refractivity contribution in [2.45, 2.75) is 46.2 Å². The van der Waals surface area contributed by atoms with Crippen LogP contribution in [0, 0.1) is 17.0 Å². The normalized spacial score (nSPS) is 11.0. The molecule has 2 rings (SSSR count). The topological polar surface area (TPSA) is 107 Å². The van der Waals surface area contributed by atoms with E-state index >= 15 is 0 Å². The number of hydrogen-bond acceptors (Lipinski definition) is 5. The van der Waals surface area contributed by atoms with Crippen LogP contribution in [0.5, 0.6) is 5.75 Å². The van der Waals surface area contributed by atoms with Crippen LogP contribution < -0.4 is 15.4 Å². The number of aromatic nitrogens is 2. The van der Waals surface area contributed by atoms with E-state index in [0.717, 1.165) is 29.7 Å². The third kappa shape index (κ3) is 8.56. The van der Waals surface area contributed by atoms with Crippen LogP contribution in [-0.2, 0) is 13.1 Å². The van der Waals surface area contributed by atoms with Crippen molar-refractivity contribution in [2.75, 3.05) is 20.2 Å². The minimum Gasteiger partial charge on any atom is -0.493 e. The molecule has 0 aliphatic rings. The van der Waals surface area contributed by atoms with Crippen LogP contribution in [0.15, 0.2) is 35.6 Å². The van der Waals surface area contributed by atoms with Crippen LogP contribution in [0.2, 0.25) is 0 Å². The van der Waals surface area contributed by atoms with Crippen LogP contribution in [0.4, 0.5) is 5.69 Å². The standard InChI is InChI=1S/C20H30N6O3.HI/c1-4-5-6-11-29-19-12-16(2)7-8-17(19)13-23-20(21-3)22-9-10-25-15-18(14-24-25)26(27)28;/h7-8,12,14-15H,4-6,9-11,13H2,1-3H3,(H2,21,22,23);1H. The molecule has 2 aromatic rings. The van der Waals surface area contributed by atoms with Crippen LogP contribution in [0.25, 0.3) is 0 Å². The molecule has 0 aliphatic heterocycles. The molecule has 30 heavy (non-hydrogen) atoms. The Morgan fingerprint density at radius 3 is 2.80 bits per heavy atom. The number of hydrogen-bond donors (Lipinski definition) is 2. The van der Waals surface area contributed by atoms with Gasteiger partial charge in [0.1, 0.15) is 18.1 Å². The molecule has 0 radical (unpaired) electrons. The Bertz CT molecular complexity index is 825. The summed E-state index contributed by atoms with van der Waals surface area (Å²) in [5, 5.41) is 21.1. The number of aliphatic imine (C=N–C) groups is 1. The largest absolute Gasteiger partial charge is 0.493 e. The van der Waals surface area contributed by atoms with Crippen molar-refractivity contribution in [2.24, 2.45) is 4.99 Å². The van der Waals surface area contributed by atoms with Gasteiger partial charge in [0.2, 0.25) is 0 Å². The second kappa shape index (κ2) is 13.8. The molecule has 0 atom stereocenters. The molecule has 0 amide bonds. The molecule has 0 saturated heterocycles. The number of nitrogens with zero attached hydrogens (tertiary/aromatic N) is 4.